The molecule has 0 aliphatic rings. The third kappa shape index (κ3) is 5.40. The molecule has 1 heterocycles. The lowest BCUT2D eigenvalue weighted by molar-refractivity contribution is 0.0929. The molecular weight excluding hydrogens is 491 g/mol. The third-order valence-corrected chi connectivity index (χ3v) is 5.28. The van der Waals surface area contributed by atoms with E-state index in [2.05, 4.69) is 26.5 Å². The number of fused-ring (bicyclic) bond motifs is 1. The fourth-order valence-corrected chi connectivity index (χ4v) is 3.72. The summed E-state index contributed by atoms with van der Waals surface area (Å²) in [5.41, 5.74) is 4.18. The van der Waals surface area contributed by atoms with Crippen LogP contribution in [0, 0.1) is 5.82 Å². The van der Waals surface area contributed by atoms with E-state index in [9.17, 15) is 9.18 Å². The van der Waals surface area contributed by atoms with Crippen LogP contribution in [0.3, 0.4) is 0 Å². The SMILES string of the molecule is CCOc1cc(/C=N/NC(=O)c2cc3ccccc3o2)cc(Br)c1OCc1ccccc1F. The lowest BCUT2D eigenvalue weighted by Crippen LogP contribution is -2.16. The molecule has 0 saturated carbocycles. The Morgan fingerprint density at radius 1 is 1.12 bits per heavy atom. The van der Waals surface area contributed by atoms with Gasteiger partial charge in [0.05, 0.1) is 17.3 Å². The smallest absolute Gasteiger partial charge is 0.307 e. The summed E-state index contributed by atoms with van der Waals surface area (Å²) in [6.07, 6.45) is 1.48. The monoisotopic (exact) mass is 510 g/mol. The summed E-state index contributed by atoms with van der Waals surface area (Å²) < 4.78 is 31.6. The maximum absolute atomic E-state index is 13.9. The first-order valence-corrected chi connectivity index (χ1v) is 11.0. The number of carbonyl (C=O) groups is 1. The summed E-state index contributed by atoms with van der Waals surface area (Å²) in [4.78, 5) is 12.3. The minimum atomic E-state index is -0.462. The molecule has 1 N–H and O–H groups in total. The van der Waals surface area contributed by atoms with Crippen molar-refractivity contribution in [1.82, 2.24) is 5.43 Å². The van der Waals surface area contributed by atoms with E-state index < -0.39 is 5.91 Å². The molecule has 168 valence electrons. The molecule has 0 aliphatic heterocycles. The molecule has 0 fully saturated rings. The minimum Gasteiger partial charge on any atom is -0.490 e. The van der Waals surface area contributed by atoms with Crippen molar-refractivity contribution in [3.8, 4) is 11.5 Å². The molecule has 8 heteroatoms. The average molecular weight is 511 g/mol. The van der Waals surface area contributed by atoms with Crippen molar-refractivity contribution in [3.05, 3.63) is 93.9 Å². The van der Waals surface area contributed by atoms with Gasteiger partial charge in [0.2, 0.25) is 0 Å². The molecule has 0 radical (unpaired) electrons. The van der Waals surface area contributed by atoms with E-state index in [1.807, 2.05) is 25.1 Å². The molecule has 0 unspecified atom stereocenters. The van der Waals surface area contributed by atoms with Crippen molar-refractivity contribution >= 4 is 39.0 Å². The number of rotatable bonds is 8. The standard InChI is InChI=1S/C25H20BrFN2O4/c1-2-31-22-12-16(11-19(26)24(22)32-15-18-8-3-5-9-20(18)27)14-28-29-25(30)23-13-17-7-4-6-10-21(17)33-23/h3-14H,2,15H2,1H3,(H,29,30)/b28-14+. The maximum atomic E-state index is 13.9. The van der Waals surface area contributed by atoms with E-state index in [-0.39, 0.29) is 18.2 Å². The zero-order chi connectivity index (χ0) is 23.2. The van der Waals surface area contributed by atoms with Crippen LogP contribution in [0.4, 0.5) is 4.39 Å². The largest absolute Gasteiger partial charge is 0.490 e. The second kappa shape index (κ2) is 10.3. The van der Waals surface area contributed by atoms with Crippen molar-refractivity contribution < 1.29 is 23.1 Å². The van der Waals surface area contributed by atoms with Crippen LogP contribution in [0.25, 0.3) is 11.0 Å². The number of nitrogens with zero attached hydrogens (tertiary/aromatic N) is 1. The van der Waals surface area contributed by atoms with Gasteiger partial charge in [-0.2, -0.15) is 5.10 Å². The van der Waals surface area contributed by atoms with E-state index in [1.54, 1.807) is 42.5 Å². The van der Waals surface area contributed by atoms with Crippen molar-refractivity contribution in [2.24, 2.45) is 5.10 Å². The second-order valence-corrected chi connectivity index (χ2v) is 7.85. The third-order valence-electron chi connectivity index (χ3n) is 4.69. The van der Waals surface area contributed by atoms with Gasteiger partial charge in [0.15, 0.2) is 17.3 Å². The Morgan fingerprint density at radius 3 is 2.70 bits per heavy atom. The van der Waals surface area contributed by atoms with Crippen LogP contribution in [0.5, 0.6) is 11.5 Å². The van der Waals surface area contributed by atoms with Gasteiger partial charge in [-0.25, -0.2) is 9.82 Å². The molecule has 0 spiro atoms. The van der Waals surface area contributed by atoms with Crippen LogP contribution in [0.2, 0.25) is 0 Å². The lowest BCUT2D eigenvalue weighted by atomic mass is 10.2. The van der Waals surface area contributed by atoms with Gasteiger partial charge in [0.1, 0.15) is 18.0 Å². The number of para-hydroxylation sites is 1. The normalized spacial score (nSPS) is 11.1. The van der Waals surface area contributed by atoms with E-state index >= 15 is 0 Å². The Hall–Kier alpha value is -3.65. The molecule has 0 saturated heterocycles. The zero-order valence-electron chi connectivity index (χ0n) is 17.7. The summed E-state index contributed by atoms with van der Waals surface area (Å²) in [7, 11) is 0. The number of furan rings is 1. The summed E-state index contributed by atoms with van der Waals surface area (Å²) in [6, 6.07) is 18.9. The molecule has 4 rings (SSSR count). The predicted molar refractivity (Wildman–Crippen MR) is 127 cm³/mol. The number of hydrazone groups is 1. The van der Waals surface area contributed by atoms with Crippen LogP contribution < -0.4 is 14.9 Å². The van der Waals surface area contributed by atoms with Gasteiger partial charge in [-0.05, 0) is 58.7 Å². The van der Waals surface area contributed by atoms with E-state index in [4.69, 9.17) is 13.9 Å². The summed E-state index contributed by atoms with van der Waals surface area (Å²) in [5, 5.41) is 4.85. The van der Waals surface area contributed by atoms with E-state index in [0.29, 0.717) is 39.3 Å². The van der Waals surface area contributed by atoms with Crippen LogP contribution in [0.15, 0.2) is 80.7 Å². The van der Waals surface area contributed by atoms with Gasteiger partial charge in [-0.1, -0.05) is 36.4 Å². The van der Waals surface area contributed by atoms with Gasteiger partial charge in [0.25, 0.3) is 0 Å². The Kier molecular flexibility index (Phi) is 7.04. The Morgan fingerprint density at radius 2 is 1.91 bits per heavy atom. The van der Waals surface area contributed by atoms with Gasteiger partial charge in [-0.3, -0.25) is 4.79 Å². The van der Waals surface area contributed by atoms with Crippen molar-refractivity contribution in [3.63, 3.8) is 0 Å². The maximum Gasteiger partial charge on any atom is 0.307 e. The van der Waals surface area contributed by atoms with Gasteiger partial charge in [-0.15, -0.1) is 0 Å². The number of carbonyl (C=O) groups excluding carboxylic acids is 1. The number of nitrogens with one attached hydrogen (secondary N) is 1. The topological polar surface area (TPSA) is 73.1 Å². The Bertz CT molecular complexity index is 1290. The van der Waals surface area contributed by atoms with E-state index in [1.165, 1.54) is 12.3 Å². The second-order valence-electron chi connectivity index (χ2n) is 6.99. The number of ether oxygens (including phenoxy) is 2. The number of hydrogen-bond donors (Lipinski definition) is 1. The Balaban J connectivity index is 1.47. The van der Waals surface area contributed by atoms with E-state index in [0.717, 1.165) is 5.39 Å². The molecule has 33 heavy (non-hydrogen) atoms. The summed E-state index contributed by atoms with van der Waals surface area (Å²) >= 11 is 3.47. The number of halogens is 2. The number of amides is 1. The quantitative estimate of drug-likeness (QED) is 0.230. The minimum absolute atomic E-state index is 0.0480. The first-order valence-electron chi connectivity index (χ1n) is 10.2. The molecule has 4 aromatic rings. The molecule has 0 bridgehead atoms. The zero-order valence-corrected chi connectivity index (χ0v) is 19.3. The molecule has 6 nitrogen and oxygen atoms in total. The lowest BCUT2D eigenvalue weighted by Gasteiger charge is -2.15. The number of benzene rings is 3. The molecule has 0 aliphatic carbocycles. The van der Waals surface area contributed by atoms with Gasteiger partial charge in [0, 0.05) is 10.9 Å². The molecular formula is C25H20BrFN2O4. The fourth-order valence-electron chi connectivity index (χ4n) is 3.15. The molecule has 1 amide bonds. The highest BCUT2D eigenvalue weighted by Gasteiger charge is 2.14. The van der Waals surface area contributed by atoms with Gasteiger partial charge < -0.3 is 13.9 Å². The molecule has 1 aromatic heterocycles. The highest BCUT2D eigenvalue weighted by molar-refractivity contribution is 9.10. The molecule has 3 aromatic carbocycles. The highest BCUT2D eigenvalue weighted by atomic mass is 79.9. The van der Waals surface area contributed by atoms with Crippen LogP contribution in [-0.4, -0.2) is 18.7 Å². The molecule has 0 atom stereocenters. The van der Waals surface area contributed by atoms with Crippen LogP contribution >= 0.6 is 15.9 Å². The number of hydrogen-bond acceptors (Lipinski definition) is 5. The first-order chi connectivity index (χ1) is 16.0. The first kappa shape index (κ1) is 22.5. The predicted octanol–water partition coefficient (Wildman–Crippen LogP) is 6.08. The van der Waals surface area contributed by atoms with Gasteiger partial charge >= 0.3 is 5.91 Å². The summed E-state index contributed by atoms with van der Waals surface area (Å²) in [5.74, 6) is 0.283. The average Bonchev–Trinajstić information content (AvgIpc) is 3.24. The highest BCUT2D eigenvalue weighted by Crippen LogP contribution is 2.37. The van der Waals surface area contributed by atoms with Crippen molar-refractivity contribution in [2.75, 3.05) is 6.61 Å². The van der Waals surface area contributed by atoms with Crippen LogP contribution in [-0.2, 0) is 6.61 Å². The van der Waals surface area contributed by atoms with Crippen molar-refractivity contribution in [1.29, 1.82) is 0 Å². The van der Waals surface area contributed by atoms with Crippen molar-refractivity contribution in [2.45, 2.75) is 13.5 Å². The fraction of sp³-hybridized carbons (Fsp3) is 0.120. The Labute approximate surface area is 198 Å². The van der Waals surface area contributed by atoms with Crippen LogP contribution in [0.1, 0.15) is 28.6 Å². The summed E-state index contributed by atoms with van der Waals surface area (Å²) in [6.45, 7) is 2.31.